The fraction of sp³-hybridized carbons (Fsp3) is 0.235. The van der Waals surface area contributed by atoms with Gasteiger partial charge in [0.25, 0.3) is 0 Å². The van der Waals surface area contributed by atoms with Crippen molar-refractivity contribution in [2.24, 2.45) is 0 Å². The Labute approximate surface area is 129 Å². The van der Waals surface area contributed by atoms with E-state index in [0.29, 0.717) is 17.3 Å². The quantitative estimate of drug-likeness (QED) is 0.918. The number of carbonyl (C=O) groups excluding carboxylic acids is 1. The van der Waals surface area contributed by atoms with Crippen molar-refractivity contribution in [1.82, 2.24) is 5.32 Å². The van der Waals surface area contributed by atoms with E-state index < -0.39 is 0 Å². The minimum Gasteiger partial charge on any atom is -0.496 e. The van der Waals surface area contributed by atoms with Crippen molar-refractivity contribution in [2.45, 2.75) is 19.9 Å². The van der Waals surface area contributed by atoms with E-state index in [2.05, 4.69) is 11.4 Å². The van der Waals surface area contributed by atoms with E-state index in [1.54, 1.807) is 25.3 Å². The first-order valence-corrected chi connectivity index (χ1v) is 7.11. The largest absolute Gasteiger partial charge is 0.496 e. The highest BCUT2D eigenvalue weighted by molar-refractivity contribution is 6.30. The van der Waals surface area contributed by atoms with Crippen LogP contribution in [0.25, 0.3) is 0 Å². The molecule has 0 aliphatic rings. The molecule has 21 heavy (non-hydrogen) atoms. The molecule has 0 aromatic heterocycles. The third kappa shape index (κ3) is 4.50. The lowest BCUT2D eigenvalue weighted by Crippen LogP contribution is -2.24. The highest BCUT2D eigenvalue weighted by atomic mass is 35.5. The summed E-state index contributed by atoms with van der Waals surface area (Å²) >= 11 is 5.96. The van der Waals surface area contributed by atoms with Crippen LogP contribution < -0.4 is 10.1 Å². The second kappa shape index (κ2) is 7.14. The lowest BCUT2D eigenvalue weighted by atomic mass is 10.1. The molecule has 1 amide bonds. The fourth-order valence-electron chi connectivity index (χ4n) is 2.14. The van der Waals surface area contributed by atoms with Crippen molar-refractivity contribution in [2.75, 3.05) is 7.11 Å². The Kier molecular flexibility index (Phi) is 5.23. The van der Waals surface area contributed by atoms with Crippen LogP contribution in [-0.2, 0) is 17.8 Å². The van der Waals surface area contributed by atoms with E-state index in [9.17, 15) is 4.79 Å². The van der Waals surface area contributed by atoms with Gasteiger partial charge in [0.1, 0.15) is 5.75 Å². The number of halogens is 1. The monoisotopic (exact) mass is 303 g/mol. The molecule has 1 N–H and O–H groups in total. The Morgan fingerprint density at radius 1 is 1.24 bits per heavy atom. The van der Waals surface area contributed by atoms with Crippen molar-refractivity contribution >= 4 is 17.5 Å². The summed E-state index contributed by atoms with van der Waals surface area (Å²) < 4.78 is 5.24. The molecule has 3 nitrogen and oxygen atoms in total. The van der Waals surface area contributed by atoms with Crippen LogP contribution in [0.5, 0.6) is 5.75 Å². The van der Waals surface area contributed by atoms with Crippen LogP contribution in [0.1, 0.15) is 16.7 Å². The van der Waals surface area contributed by atoms with E-state index in [1.807, 2.05) is 25.1 Å². The Balaban J connectivity index is 1.97. The van der Waals surface area contributed by atoms with E-state index in [-0.39, 0.29) is 12.3 Å². The molecule has 0 atom stereocenters. The molecule has 0 saturated carbocycles. The van der Waals surface area contributed by atoms with Crippen molar-refractivity contribution in [1.29, 1.82) is 0 Å². The molecule has 0 saturated heterocycles. The average Bonchev–Trinajstić information content (AvgIpc) is 2.45. The van der Waals surface area contributed by atoms with Gasteiger partial charge in [-0.25, -0.2) is 0 Å². The summed E-state index contributed by atoms with van der Waals surface area (Å²) in [5.74, 6) is 0.613. The number of nitrogens with one attached hydrogen (secondary N) is 1. The van der Waals surface area contributed by atoms with Gasteiger partial charge in [-0.1, -0.05) is 41.4 Å². The van der Waals surface area contributed by atoms with E-state index in [0.717, 1.165) is 11.1 Å². The van der Waals surface area contributed by atoms with Gasteiger partial charge in [0, 0.05) is 17.1 Å². The van der Waals surface area contributed by atoms with Gasteiger partial charge < -0.3 is 10.1 Å². The van der Waals surface area contributed by atoms with Crippen molar-refractivity contribution in [3.63, 3.8) is 0 Å². The Morgan fingerprint density at radius 3 is 2.76 bits per heavy atom. The third-order valence-electron chi connectivity index (χ3n) is 3.17. The van der Waals surface area contributed by atoms with Crippen LogP contribution in [0.4, 0.5) is 0 Å². The zero-order chi connectivity index (χ0) is 15.2. The van der Waals surface area contributed by atoms with Crippen LogP contribution in [0.3, 0.4) is 0 Å². The van der Waals surface area contributed by atoms with Crippen LogP contribution in [0.15, 0.2) is 42.5 Å². The molecule has 0 unspecified atom stereocenters. The zero-order valence-electron chi connectivity index (χ0n) is 12.2. The van der Waals surface area contributed by atoms with Gasteiger partial charge >= 0.3 is 0 Å². The van der Waals surface area contributed by atoms with Gasteiger partial charge in [0.2, 0.25) is 5.91 Å². The third-order valence-corrected chi connectivity index (χ3v) is 3.40. The SMILES string of the molecule is COc1ccc(Cl)cc1CC(=O)NCc1cccc(C)c1. The predicted molar refractivity (Wildman–Crippen MR) is 84.7 cm³/mol. The maximum Gasteiger partial charge on any atom is 0.224 e. The van der Waals surface area contributed by atoms with Crippen LogP contribution in [0.2, 0.25) is 5.02 Å². The highest BCUT2D eigenvalue weighted by Crippen LogP contribution is 2.23. The Morgan fingerprint density at radius 2 is 2.05 bits per heavy atom. The molecule has 2 rings (SSSR count). The summed E-state index contributed by atoms with van der Waals surface area (Å²) in [7, 11) is 1.58. The molecule has 0 bridgehead atoms. The number of aryl methyl sites for hydroxylation is 1. The predicted octanol–water partition coefficient (Wildman–Crippen LogP) is 3.52. The topological polar surface area (TPSA) is 38.3 Å². The molecule has 0 heterocycles. The van der Waals surface area contributed by atoms with Gasteiger partial charge in [-0.3, -0.25) is 4.79 Å². The summed E-state index contributed by atoms with van der Waals surface area (Å²) in [5, 5.41) is 3.50. The first-order chi connectivity index (χ1) is 10.1. The van der Waals surface area contributed by atoms with E-state index >= 15 is 0 Å². The van der Waals surface area contributed by atoms with Crippen LogP contribution in [0, 0.1) is 6.92 Å². The standard InChI is InChI=1S/C17H18ClNO2/c1-12-4-3-5-13(8-12)11-19-17(20)10-14-9-15(18)6-7-16(14)21-2/h3-9H,10-11H2,1-2H3,(H,19,20). The average molecular weight is 304 g/mol. The number of rotatable bonds is 5. The minimum atomic E-state index is -0.0583. The van der Waals surface area contributed by atoms with Crippen molar-refractivity contribution in [3.8, 4) is 5.75 Å². The molecule has 0 aliphatic heterocycles. The van der Waals surface area contributed by atoms with E-state index in [1.165, 1.54) is 5.56 Å². The van der Waals surface area contributed by atoms with Gasteiger partial charge in [0.05, 0.1) is 13.5 Å². The number of ether oxygens (including phenoxy) is 1. The molecule has 0 aliphatic carbocycles. The second-order valence-electron chi connectivity index (χ2n) is 4.90. The minimum absolute atomic E-state index is 0.0583. The molecule has 0 spiro atoms. The molecule has 2 aromatic carbocycles. The maximum absolute atomic E-state index is 12.0. The first kappa shape index (κ1) is 15.4. The van der Waals surface area contributed by atoms with E-state index in [4.69, 9.17) is 16.3 Å². The molecule has 4 heteroatoms. The van der Waals surface area contributed by atoms with Gasteiger partial charge in [-0.2, -0.15) is 0 Å². The molecule has 2 aromatic rings. The fourth-order valence-corrected chi connectivity index (χ4v) is 2.34. The number of hydrogen-bond donors (Lipinski definition) is 1. The Bertz CT molecular complexity index is 640. The second-order valence-corrected chi connectivity index (χ2v) is 5.34. The molecule has 110 valence electrons. The number of methoxy groups -OCH3 is 1. The van der Waals surface area contributed by atoms with Gasteiger partial charge in [-0.15, -0.1) is 0 Å². The lowest BCUT2D eigenvalue weighted by Gasteiger charge is -2.10. The molecule has 0 radical (unpaired) electrons. The normalized spacial score (nSPS) is 10.2. The first-order valence-electron chi connectivity index (χ1n) is 6.73. The zero-order valence-corrected chi connectivity index (χ0v) is 12.9. The van der Waals surface area contributed by atoms with Gasteiger partial charge in [-0.05, 0) is 30.7 Å². The number of carbonyl (C=O) groups is 1. The van der Waals surface area contributed by atoms with Gasteiger partial charge in [0.15, 0.2) is 0 Å². The number of hydrogen-bond acceptors (Lipinski definition) is 2. The summed E-state index contributed by atoms with van der Waals surface area (Å²) in [6.07, 6.45) is 0.246. The molecular formula is C17H18ClNO2. The van der Waals surface area contributed by atoms with Crippen molar-refractivity contribution in [3.05, 3.63) is 64.2 Å². The number of amides is 1. The maximum atomic E-state index is 12.0. The summed E-state index contributed by atoms with van der Waals surface area (Å²) in [6.45, 7) is 2.55. The molecular weight excluding hydrogens is 286 g/mol. The highest BCUT2D eigenvalue weighted by Gasteiger charge is 2.09. The summed E-state index contributed by atoms with van der Waals surface area (Å²) in [6, 6.07) is 13.3. The lowest BCUT2D eigenvalue weighted by molar-refractivity contribution is -0.120. The van der Waals surface area contributed by atoms with Crippen molar-refractivity contribution < 1.29 is 9.53 Å². The van der Waals surface area contributed by atoms with Crippen LogP contribution >= 0.6 is 11.6 Å². The molecule has 0 fully saturated rings. The summed E-state index contributed by atoms with van der Waals surface area (Å²) in [4.78, 5) is 12.0. The smallest absolute Gasteiger partial charge is 0.224 e. The Hall–Kier alpha value is -2.00. The van der Waals surface area contributed by atoms with Crippen LogP contribution in [-0.4, -0.2) is 13.0 Å². The summed E-state index contributed by atoms with van der Waals surface area (Å²) in [5.41, 5.74) is 3.05. The number of benzene rings is 2.